The van der Waals surface area contributed by atoms with Gasteiger partial charge in [-0.3, -0.25) is 4.79 Å². The van der Waals surface area contributed by atoms with Crippen molar-refractivity contribution in [2.24, 2.45) is 5.92 Å². The van der Waals surface area contributed by atoms with Gasteiger partial charge in [0.25, 0.3) is 0 Å². The molecule has 0 radical (unpaired) electrons. The molecular formula is C14H15F3N2O2. The van der Waals surface area contributed by atoms with E-state index in [1.807, 2.05) is 0 Å². The Morgan fingerprint density at radius 1 is 1.33 bits per heavy atom. The van der Waals surface area contributed by atoms with Crippen LogP contribution in [0.2, 0.25) is 0 Å². The van der Waals surface area contributed by atoms with Crippen LogP contribution in [0.1, 0.15) is 18.4 Å². The molecule has 3 N–H and O–H groups in total. The largest absolute Gasteiger partial charge is 0.416 e. The Kier molecular flexibility index (Phi) is 3.41. The number of carbonyl (C=O) groups excluding carboxylic acids is 1. The van der Waals surface area contributed by atoms with Gasteiger partial charge >= 0.3 is 6.18 Å². The minimum absolute atomic E-state index is 0.0378. The Labute approximate surface area is 119 Å². The molecule has 4 nitrogen and oxygen atoms in total. The highest BCUT2D eigenvalue weighted by Gasteiger charge is 2.47. The maximum Gasteiger partial charge on any atom is 0.416 e. The van der Waals surface area contributed by atoms with E-state index in [2.05, 4.69) is 10.6 Å². The van der Waals surface area contributed by atoms with Crippen LogP contribution in [0.5, 0.6) is 0 Å². The van der Waals surface area contributed by atoms with Gasteiger partial charge in [0.05, 0.1) is 17.7 Å². The molecule has 4 atom stereocenters. The molecule has 114 valence electrons. The zero-order valence-electron chi connectivity index (χ0n) is 11.0. The summed E-state index contributed by atoms with van der Waals surface area (Å²) in [6, 6.07) is 4.02. The van der Waals surface area contributed by atoms with Crippen LogP contribution >= 0.6 is 0 Å². The smallest absolute Gasteiger partial charge is 0.391 e. The van der Waals surface area contributed by atoms with E-state index in [0.717, 1.165) is 18.6 Å². The fourth-order valence-corrected chi connectivity index (χ4v) is 3.15. The van der Waals surface area contributed by atoms with Crippen molar-refractivity contribution in [3.05, 3.63) is 29.8 Å². The third kappa shape index (κ3) is 2.75. The van der Waals surface area contributed by atoms with E-state index in [9.17, 15) is 23.1 Å². The minimum atomic E-state index is -4.43. The average molecular weight is 300 g/mol. The lowest BCUT2D eigenvalue weighted by molar-refractivity contribution is -0.137. The first kappa shape index (κ1) is 14.3. The second kappa shape index (κ2) is 4.99. The first-order valence-corrected chi connectivity index (χ1v) is 6.77. The maximum absolute atomic E-state index is 12.6. The van der Waals surface area contributed by atoms with Crippen LogP contribution in [0.4, 0.5) is 18.9 Å². The highest BCUT2D eigenvalue weighted by molar-refractivity contribution is 5.95. The number of rotatable bonds is 2. The van der Waals surface area contributed by atoms with Crippen molar-refractivity contribution < 1.29 is 23.1 Å². The van der Waals surface area contributed by atoms with Crippen molar-refractivity contribution in [2.75, 3.05) is 5.32 Å². The molecule has 1 aliphatic carbocycles. The average Bonchev–Trinajstić information content (AvgIpc) is 2.97. The summed E-state index contributed by atoms with van der Waals surface area (Å²) in [5.41, 5.74) is -0.670. The van der Waals surface area contributed by atoms with Gasteiger partial charge < -0.3 is 15.7 Å². The first-order chi connectivity index (χ1) is 9.84. The third-order valence-electron chi connectivity index (χ3n) is 4.17. The fraction of sp³-hybridized carbons (Fsp3) is 0.500. The van der Waals surface area contributed by atoms with Crippen LogP contribution in [0, 0.1) is 5.92 Å². The van der Waals surface area contributed by atoms with E-state index < -0.39 is 23.9 Å². The van der Waals surface area contributed by atoms with Crippen molar-refractivity contribution in [3.8, 4) is 0 Å². The van der Waals surface area contributed by atoms with E-state index in [4.69, 9.17) is 0 Å². The highest BCUT2D eigenvalue weighted by atomic mass is 19.4. The van der Waals surface area contributed by atoms with Gasteiger partial charge in [-0.2, -0.15) is 13.2 Å². The molecule has 21 heavy (non-hydrogen) atoms. The number of aliphatic hydroxyl groups excluding tert-OH is 1. The number of anilines is 1. The number of hydrogen-bond donors (Lipinski definition) is 3. The molecule has 0 unspecified atom stereocenters. The number of benzene rings is 1. The summed E-state index contributed by atoms with van der Waals surface area (Å²) in [7, 11) is 0. The number of fused-ring (bicyclic) bond motifs is 2. The van der Waals surface area contributed by atoms with E-state index in [-0.39, 0.29) is 23.6 Å². The summed E-state index contributed by atoms with van der Waals surface area (Å²) in [6.07, 6.45) is -3.59. The van der Waals surface area contributed by atoms with E-state index in [1.54, 1.807) is 0 Å². The molecule has 7 heteroatoms. The molecule has 1 aromatic carbocycles. The van der Waals surface area contributed by atoms with Crippen LogP contribution in [0.25, 0.3) is 0 Å². The number of piperidine rings is 1. The van der Waals surface area contributed by atoms with E-state index >= 15 is 0 Å². The van der Waals surface area contributed by atoms with Crippen LogP contribution in [-0.2, 0) is 11.0 Å². The summed E-state index contributed by atoms with van der Waals surface area (Å²) >= 11 is 0. The molecule has 1 aromatic rings. The number of nitrogens with one attached hydrogen (secondary N) is 2. The number of amides is 1. The van der Waals surface area contributed by atoms with E-state index in [0.29, 0.717) is 6.42 Å². The summed E-state index contributed by atoms with van der Waals surface area (Å²) in [5.74, 6) is -0.315. The van der Waals surface area contributed by atoms with E-state index in [1.165, 1.54) is 12.1 Å². The van der Waals surface area contributed by atoms with Gasteiger partial charge in [0.15, 0.2) is 0 Å². The summed E-state index contributed by atoms with van der Waals surface area (Å²) in [6.45, 7) is 0. The van der Waals surface area contributed by atoms with Crippen LogP contribution in [0.3, 0.4) is 0 Å². The SMILES string of the molecule is O=C(Nc1cccc(C(F)(F)F)c1)[C@@H]1N[C@@H]2C[C@H]1C[C@H]2O. The van der Waals surface area contributed by atoms with Gasteiger partial charge in [-0.15, -0.1) is 0 Å². The van der Waals surface area contributed by atoms with Crippen molar-refractivity contribution in [1.82, 2.24) is 5.32 Å². The van der Waals surface area contributed by atoms with Gasteiger partial charge in [0.2, 0.25) is 5.91 Å². The van der Waals surface area contributed by atoms with Crippen molar-refractivity contribution in [3.63, 3.8) is 0 Å². The number of carbonyl (C=O) groups is 1. The standard InChI is InChI=1S/C14H15F3N2O2/c15-14(16,17)8-2-1-3-9(6-8)18-13(21)12-7-4-10(19-12)11(20)5-7/h1-3,6-7,10-12,19-20H,4-5H2,(H,18,21)/t7-,10+,11+,12+/m0/s1. The molecule has 1 aliphatic heterocycles. The normalized spacial score (nSPS) is 31.4. The van der Waals surface area contributed by atoms with Gasteiger partial charge in [-0.1, -0.05) is 6.07 Å². The quantitative estimate of drug-likeness (QED) is 0.780. The summed E-state index contributed by atoms with van der Waals surface area (Å²) < 4.78 is 37.9. The fourth-order valence-electron chi connectivity index (χ4n) is 3.15. The Balaban J connectivity index is 1.69. The molecule has 2 bridgehead atoms. The van der Waals surface area contributed by atoms with Crippen molar-refractivity contribution in [2.45, 2.75) is 37.2 Å². The Bertz CT molecular complexity index is 559. The number of aliphatic hydroxyl groups is 1. The molecule has 3 rings (SSSR count). The Morgan fingerprint density at radius 2 is 2.10 bits per heavy atom. The Hall–Kier alpha value is -1.60. The second-order valence-electron chi connectivity index (χ2n) is 5.62. The predicted molar refractivity (Wildman–Crippen MR) is 69.5 cm³/mol. The summed E-state index contributed by atoms with van der Waals surface area (Å²) in [4.78, 5) is 12.1. The number of halogens is 3. The lowest BCUT2D eigenvalue weighted by atomic mass is 9.98. The molecule has 1 heterocycles. The molecule has 0 aromatic heterocycles. The molecule has 0 spiro atoms. The monoisotopic (exact) mass is 300 g/mol. The maximum atomic E-state index is 12.6. The van der Waals surface area contributed by atoms with Crippen LogP contribution < -0.4 is 10.6 Å². The van der Waals surface area contributed by atoms with Crippen LogP contribution in [-0.4, -0.2) is 29.2 Å². The number of alkyl halides is 3. The minimum Gasteiger partial charge on any atom is -0.391 e. The first-order valence-electron chi connectivity index (χ1n) is 6.77. The number of hydrogen-bond acceptors (Lipinski definition) is 3. The molecule has 2 aliphatic rings. The molecule has 2 fully saturated rings. The molecular weight excluding hydrogens is 285 g/mol. The highest BCUT2D eigenvalue weighted by Crippen LogP contribution is 2.36. The molecule has 1 saturated heterocycles. The summed E-state index contributed by atoms with van der Waals surface area (Å²) in [5, 5.41) is 15.1. The third-order valence-corrected chi connectivity index (χ3v) is 4.17. The van der Waals surface area contributed by atoms with Gasteiger partial charge in [-0.05, 0) is 37.0 Å². The van der Waals surface area contributed by atoms with Crippen molar-refractivity contribution >= 4 is 11.6 Å². The van der Waals surface area contributed by atoms with Crippen LogP contribution in [0.15, 0.2) is 24.3 Å². The topological polar surface area (TPSA) is 61.4 Å². The van der Waals surface area contributed by atoms with Gasteiger partial charge in [0.1, 0.15) is 0 Å². The zero-order chi connectivity index (χ0) is 15.2. The second-order valence-corrected chi connectivity index (χ2v) is 5.62. The van der Waals surface area contributed by atoms with Gasteiger partial charge in [-0.25, -0.2) is 0 Å². The Morgan fingerprint density at radius 3 is 2.67 bits per heavy atom. The lowest BCUT2D eigenvalue weighted by Crippen LogP contribution is -2.49. The molecule has 1 amide bonds. The van der Waals surface area contributed by atoms with Crippen molar-refractivity contribution in [1.29, 1.82) is 0 Å². The van der Waals surface area contributed by atoms with Gasteiger partial charge in [0, 0.05) is 11.7 Å². The lowest BCUT2D eigenvalue weighted by Gasteiger charge is -2.25. The molecule has 1 saturated carbocycles. The predicted octanol–water partition coefficient (Wildman–Crippen LogP) is 1.76. The zero-order valence-corrected chi connectivity index (χ0v) is 11.0.